The number of nitrogens with zero attached hydrogens (tertiary/aromatic N) is 1. The van der Waals surface area contributed by atoms with Crippen LogP contribution in [0.1, 0.15) is 13.3 Å². The van der Waals surface area contributed by atoms with Crippen LogP contribution in [0.2, 0.25) is 0 Å². The van der Waals surface area contributed by atoms with Gasteiger partial charge in [-0.15, -0.1) is 0 Å². The molecular formula is C8H17NO3. The van der Waals surface area contributed by atoms with Crippen molar-refractivity contribution >= 4 is 0 Å². The van der Waals surface area contributed by atoms with E-state index >= 15 is 0 Å². The predicted molar refractivity (Wildman–Crippen MR) is 44.7 cm³/mol. The third-order valence-corrected chi connectivity index (χ3v) is 2.29. The summed E-state index contributed by atoms with van der Waals surface area (Å²) in [7, 11) is 3.78. The van der Waals surface area contributed by atoms with E-state index in [1.807, 2.05) is 25.9 Å². The van der Waals surface area contributed by atoms with Crippen LogP contribution >= 0.6 is 0 Å². The van der Waals surface area contributed by atoms with Crippen molar-refractivity contribution in [3.63, 3.8) is 0 Å². The molecule has 2 N–H and O–H groups in total. The first-order valence-corrected chi connectivity index (χ1v) is 4.20. The molecule has 0 bridgehead atoms. The molecule has 0 spiro atoms. The molecule has 0 aliphatic carbocycles. The summed E-state index contributed by atoms with van der Waals surface area (Å²) >= 11 is 0. The van der Waals surface area contributed by atoms with Crippen LogP contribution in [0, 0.1) is 0 Å². The van der Waals surface area contributed by atoms with Crippen molar-refractivity contribution in [2.24, 2.45) is 0 Å². The van der Waals surface area contributed by atoms with Crippen molar-refractivity contribution in [1.29, 1.82) is 0 Å². The summed E-state index contributed by atoms with van der Waals surface area (Å²) in [5, 5.41) is 18.8. The van der Waals surface area contributed by atoms with Crippen LogP contribution in [0.15, 0.2) is 0 Å². The Morgan fingerprint density at radius 1 is 1.33 bits per heavy atom. The molecule has 1 saturated heterocycles. The van der Waals surface area contributed by atoms with E-state index in [0.29, 0.717) is 0 Å². The summed E-state index contributed by atoms with van der Waals surface area (Å²) in [5.41, 5.74) is 0. The molecule has 0 unspecified atom stereocenters. The number of aliphatic hydroxyl groups excluding tert-OH is 2. The zero-order chi connectivity index (χ0) is 9.30. The minimum atomic E-state index is -1.04. The van der Waals surface area contributed by atoms with Crippen molar-refractivity contribution in [3.05, 3.63) is 0 Å². The van der Waals surface area contributed by atoms with Gasteiger partial charge < -0.3 is 19.8 Å². The zero-order valence-corrected chi connectivity index (χ0v) is 7.77. The number of ether oxygens (including phenoxy) is 1. The van der Waals surface area contributed by atoms with Gasteiger partial charge in [-0.2, -0.15) is 0 Å². The summed E-state index contributed by atoms with van der Waals surface area (Å²) in [5.74, 6) is 0. The largest absolute Gasteiger partial charge is 0.386 e. The summed E-state index contributed by atoms with van der Waals surface area (Å²) in [6, 6.07) is -0.0104. The summed E-state index contributed by atoms with van der Waals surface area (Å²) in [6.45, 7) is 1.89. The van der Waals surface area contributed by atoms with Gasteiger partial charge >= 0.3 is 0 Å². The summed E-state index contributed by atoms with van der Waals surface area (Å²) < 4.78 is 5.06. The maximum absolute atomic E-state index is 9.51. The SMILES string of the molecule is C[C@@H]1C[C@H](N(C)C)[C@@H](O)[C@@H](O)O1. The second-order valence-corrected chi connectivity index (χ2v) is 3.59. The quantitative estimate of drug-likeness (QED) is 0.559. The smallest absolute Gasteiger partial charge is 0.182 e. The van der Waals surface area contributed by atoms with Gasteiger partial charge in [0.2, 0.25) is 0 Å². The minimum absolute atomic E-state index is 0.01000. The molecule has 4 nitrogen and oxygen atoms in total. The van der Waals surface area contributed by atoms with Gasteiger partial charge in [-0.05, 0) is 27.4 Å². The van der Waals surface area contributed by atoms with Crippen LogP contribution in [-0.4, -0.2) is 53.7 Å². The van der Waals surface area contributed by atoms with Gasteiger partial charge in [0.1, 0.15) is 6.10 Å². The van der Waals surface area contributed by atoms with Crippen LogP contribution < -0.4 is 0 Å². The van der Waals surface area contributed by atoms with E-state index in [9.17, 15) is 10.2 Å². The fourth-order valence-corrected chi connectivity index (χ4v) is 1.56. The van der Waals surface area contributed by atoms with E-state index < -0.39 is 12.4 Å². The summed E-state index contributed by atoms with van der Waals surface area (Å²) in [6.07, 6.45) is -1.07. The Bertz CT molecular complexity index is 151. The number of aliphatic hydroxyl groups is 2. The van der Waals surface area contributed by atoms with Gasteiger partial charge in [0.05, 0.1) is 6.10 Å². The van der Waals surface area contributed by atoms with E-state index in [4.69, 9.17) is 4.74 Å². The average Bonchev–Trinajstić information content (AvgIpc) is 1.96. The van der Waals surface area contributed by atoms with E-state index in [0.717, 1.165) is 6.42 Å². The highest BCUT2D eigenvalue weighted by Gasteiger charge is 2.35. The van der Waals surface area contributed by atoms with Gasteiger partial charge in [-0.25, -0.2) is 0 Å². The molecule has 0 amide bonds. The fraction of sp³-hybridized carbons (Fsp3) is 1.00. The van der Waals surface area contributed by atoms with Gasteiger partial charge in [0.15, 0.2) is 6.29 Å². The molecule has 0 aromatic rings. The van der Waals surface area contributed by atoms with Gasteiger partial charge in [-0.3, -0.25) is 0 Å². The van der Waals surface area contributed by atoms with Crippen LogP contribution in [0.3, 0.4) is 0 Å². The first kappa shape index (κ1) is 9.92. The second-order valence-electron chi connectivity index (χ2n) is 3.59. The normalized spacial score (nSPS) is 43.5. The highest BCUT2D eigenvalue weighted by atomic mass is 16.6. The van der Waals surface area contributed by atoms with Gasteiger partial charge in [-0.1, -0.05) is 0 Å². The maximum atomic E-state index is 9.51. The standard InChI is InChI=1S/C8H17NO3/c1-5-4-6(9(2)3)7(10)8(11)12-5/h5-8,10-11H,4H2,1-3H3/t5-,6+,7-,8+/m1/s1. The Morgan fingerprint density at radius 3 is 2.42 bits per heavy atom. The van der Waals surface area contributed by atoms with E-state index in [2.05, 4.69) is 0 Å². The molecule has 4 atom stereocenters. The van der Waals surface area contributed by atoms with Crippen molar-refractivity contribution in [1.82, 2.24) is 4.90 Å². The Balaban J connectivity index is 2.60. The number of likely N-dealkylation sites (N-methyl/N-ethyl adjacent to an activating group) is 1. The van der Waals surface area contributed by atoms with Crippen molar-refractivity contribution < 1.29 is 14.9 Å². The molecule has 0 aromatic heterocycles. The second kappa shape index (κ2) is 3.70. The molecule has 0 aromatic carbocycles. The average molecular weight is 175 g/mol. The first-order valence-electron chi connectivity index (χ1n) is 4.20. The Kier molecular flexibility index (Phi) is 3.06. The summed E-state index contributed by atoms with van der Waals surface area (Å²) in [4.78, 5) is 1.91. The molecule has 1 fully saturated rings. The number of hydrogen-bond donors (Lipinski definition) is 2. The van der Waals surface area contributed by atoms with Crippen molar-refractivity contribution in [2.75, 3.05) is 14.1 Å². The zero-order valence-electron chi connectivity index (χ0n) is 7.77. The van der Waals surface area contributed by atoms with Crippen LogP contribution in [0.25, 0.3) is 0 Å². The Hall–Kier alpha value is -0.160. The molecule has 12 heavy (non-hydrogen) atoms. The lowest BCUT2D eigenvalue weighted by Gasteiger charge is -2.38. The lowest BCUT2D eigenvalue weighted by molar-refractivity contribution is -0.230. The Labute approximate surface area is 72.7 Å². The van der Waals surface area contributed by atoms with Crippen LogP contribution in [0.5, 0.6) is 0 Å². The minimum Gasteiger partial charge on any atom is -0.386 e. The topological polar surface area (TPSA) is 52.9 Å². The molecule has 0 radical (unpaired) electrons. The lowest BCUT2D eigenvalue weighted by atomic mass is 9.99. The van der Waals surface area contributed by atoms with Crippen LogP contribution in [0.4, 0.5) is 0 Å². The number of rotatable bonds is 1. The molecular weight excluding hydrogens is 158 g/mol. The third kappa shape index (κ3) is 1.95. The molecule has 72 valence electrons. The highest BCUT2D eigenvalue weighted by molar-refractivity contribution is 4.84. The van der Waals surface area contributed by atoms with E-state index in [1.54, 1.807) is 0 Å². The molecule has 1 aliphatic rings. The van der Waals surface area contributed by atoms with Crippen LogP contribution in [-0.2, 0) is 4.74 Å². The van der Waals surface area contributed by atoms with Crippen molar-refractivity contribution in [3.8, 4) is 0 Å². The molecule has 0 saturated carbocycles. The predicted octanol–water partition coefficient (Wildman–Crippen LogP) is -0.595. The van der Waals surface area contributed by atoms with E-state index in [1.165, 1.54) is 0 Å². The number of hydrogen-bond acceptors (Lipinski definition) is 4. The monoisotopic (exact) mass is 175 g/mol. The maximum Gasteiger partial charge on any atom is 0.182 e. The lowest BCUT2D eigenvalue weighted by Crippen LogP contribution is -2.53. The Morgan fingerprint density at radius 2 is 1.92 bits per heavy atom. The third-order valence-electron chi connectivity index (χ3n) is 2.29. The van der Waals surface area contributed by atoms with Gasteiger partial charge in [0, 0.05) is 6.04 Å². The van der Waals surface area contributed by atoms with Gasteiger partial charge in [0.25, 0.3) is 0 Å². The fourth-order valence-electron chi connectivity index (χ4n) is 1.56. The molecule has 1 rings (SSSR count). The first-order chi connectivity index (χ1) is 5.52. The highest BCUT2D eigenvalue weighted by Crippen LogP contribution is 2.21. The molecule has 1 heterocycles. The molecule has 4 heteroatoms. The van der Waals surface area contributed by atoms with Crippen molar-refractivity contribution in [2.45, 2.75) is 37.9 Å². The van der Waals surface area contributed by atoms with E-state index in [-0.39, 0.29) is 12.1 Å². The molecule has 1 aliphatic heterocycles.